The summed E-state index contributed by atoms with van der Waals surface area (Å²) in [6.45, 7) is 6.31. The second-order valence-electron chi connectivity index (χ2n) is 12.1. The summed E-state index contributed by atoms with van der Waals surface area (Å²) < 4.78 is 41.3. The van der Waals surface area contributed by atoms with Gasteiger partial charge in [-0.05, 0) is 67.0 Å². The van der Waals surface area contributed by atoms with Crippen molar-refractivity contribution in [1.29, 1.82) is 0 Å². The molecule has 1 aromatic carbocycles. The van der Waals surface area contributed by atoms with Crippen LogP contribution in [0.15, 0.2) is 36.7 Å². The van der Waals surface area contributed by atoms with Crippen LogP contribution in [-0.2, 0) is 22.3 Å². The molecule has 3 atom stereocenters. The summed E-state index contributed by atoms with van der Waals surface area (Å²) in [4.78, 5) is 63.9. The van der Waals surface area contributed by atoms with Crippen LogP contribution >= 0.6 is 0 Å². The van der Waals surface area contributed by atoms with E-state index in [0.717, 1.165) is 6.07 Å². The number of aromatic nitrogens is 5. The number of benzene rings is 1. The minimum absolute atomic E-state index is 0.119. The van der Waals surface area contributed by atoms with Crippen LogP contribution in [0.4, 0.5) is 19.0 Å². The first-order valence-corrected chi connectivity index (χ1v) is 14.3. The number of hydrogen-bond acceptors (Lipinski definition) is 8. The summed E-state index contributed by atoms with van der Waals surface area (Å²) in [7, 11) is 0. The molecule has 2 aliphatic rings. The third-order valence-corrected chi connectivity index (χ3v) is 8.68. The number of pyridine rings is 1. The van der Waals surface area contributed by atoms with Gasteiger partial charge in [0.1, 0.15) is 29.8 Å². The lowest BCUT2D eigenvalue weighted by atomic mass is 10.0. The van der Waals surface area contributed by atoms with Crippen molar-refractivity contribution in [3.8, 4) is 11.1 Å². The molecule has 0 radical (unpaired) electrons. The summed E-state index contributed by atoms with van der Waals surface area (Å²) in [5.41, 5.74) is 1.32. The van der Waals surface area contributed by atoms with Crippen LogP contribution in [0.3, 0.4) is 0 Å². The number of ketones is 1. The number of carbonyl (C=O) groups is 4. The Labute approximate surface area is 259 Å². The van der Waals surface area contributed by atoms with Gasteiger partial charge in [-0.25, -0.2) is 19.7 Å². The van der Waals surface area contributed by atoms with Crippen molar-refractivity contribution in [2.75, 3.05) is 5.32 Å². The average molecular weight is 636 g/mol. The van der Waals surface area contributed by atoms with Crippen LogP contribution in [0, 0.1) is 19.3 Å². The number of nitrogens with one attached hydrogen (secondary N) is 1. The van der Waals surface area contributed by atoms with Crippen LogP contribution in [-0.4, -0.2) is 70.4 Å². The molecule has 1 saturated carbocycles. The van der Waals surface area contributed by atoms with E-state index in [-0.39, 0.29) is 41.1 Å². The normalized spacial score (nSPS) is 20.5. The summed E-state index contributed by atoms with van der Waals surface area (Å²) >= 11 is 0. The van der Waals surface area contributed by atoms with Crippen molar-refractivity contribution in [3.05, 3.63) is 65.0 Å². The standard InChI is InChI=1S/C31H28F3N7O5/c1-14-5-6-21(31(32,33)34)37-26(14)38-28(44)20-9-30(4)10-22(30)41(20)23(43)13-40-25-15(2)7-17(8-19(25)24(39-40)16(3)42)18-11-35-27(29(45)46)36-12-18/h5-8,11-12,20,22H,9-10,13H2,1-4H3,(H,45,46)(H,37,38,44)/t20-,22?,30-/m0/s1. The number of rotatable bonds is 7. The number of likely N-dealkylation sites (tertiary alicyclic amines) is 1. The lowest BCUT2D eigenvalue weighted by Crippen LogP contribution is -2.47. The van der Waals surface area contributed by atoms with Gasteiger partial charge < -0.3 is 15.3 Å². The third-order valence-electron chi connectivity index (χ3n) is 8.68. The Hall–Kier alpha value is -5.21. The van der Waals surface area contributed by atoms with Gasteiger partial charge in [-0.1, -0.05) is 13.0 Å². The van der Waals surface area contributed by atoms with Crippen LogP contribution < -0.4 is 5.32 Å². The number of alkyl halides is 3. The van der Waals surface area contributed by atoms with Gasteiger partial charge in [0.05, 0.1) is 5.52 Å². The number of Topliss-reactive ketones (excluding diaryl/α,β-unsaturated/α-hetero) is 1. The first-order chi connectivity index (χ1) is 21.6. The molecule has 1 unspecified atom stereocenters. The predicted octanol–water partition coefficient (Wildman–Crippen LogP) is 4.44. The molecule has 6 rings (SSSR count). The zero-order chi connectivity index (χ0) is 33.3. The van der Waals surface area contributed by atoms with Crippen molar-refractivity contribution in [2.24, 2.45) is 5.41 Å². The second kappa shape index (κ2) is 10.7. The van der Waals surface area contributed by atoms with Gasteiger partial charge in [0.25, 0.3) is 0 Å². The molecule has 15 heteroatoms. The van der Waals surface area contributed by atoms with E-state index in [1.165, 1.54) is 41.9 Å². The van der Waals surface area contributed by atoms with E-state index in [1.54, 1.807) is 19.1 Å². The Morgan fingerprint density at radius 2 is 1.74 bits per heavy atom. The fraction of sp³-hybridized carbons (Fsp3) is 0.355. The highest BCUT2D eigenvalue weighted by atomic mass is 19.4. The molecule has 4 heterocycles. The van der Waals surface area contributed by atoms with Crippen molar-refractivity contribution in [1.82, 2.24) is 29.6 Å². The molecule has 46 heavy (non-hydrogen) atoms. The average Bonchev–Trinajstić information content (AvgIpc) is 3.33. The number of piperidine rings is 1. The van der Waals surface area contributed by atoms with Gasteiger partial charge in [0, 0.05) is 36.3 Å². The largest absolute Gasteiger partial charge is 0.475 e. The molecule has 2 N–H and O–H groups in total. The number of aromatic carboxylic acids is 1. The quantitative estimate of drug-likeness (QED) is 0.280. The first-order valence-electron chi connectivity index (χ1n) is 14.3. The first kappa shape index (κ1) is 30.8. The second-order valence-corrected chi connectivity index (χ2v) is 12.1. The van der Waals surface area contributed by atoms with Crippen LogP contribution in [0.25, 0.3) is 22.0 Å². The zero-order valence-electron chi connectivity index (χ0n) is 25.1. The number of halogens is 3. The maximum Gasteiger partial charge on any atom is 0.433 e. The number of carboxylic acid groups (broad SMARTS) is 1. The van der Waals surface area contributed by atoms with Gasteiger partial charge >= 0.3 is 12.1 Å². The number of fused-ring (bicyclic) bond motifs is 2. The smallest absolute Gasteiger partial charge is 0.433 e. The molecule has 2 fully saturated rings. The molecule has 1 saturated heterocycles. The lowest BCUT2D eigenvalue weighted by molar-refractivity contribution is -0.141. The van der Waals surface area contributed by atoms with Gasteiger partial charge in [-0.2, -0.15) is 18.3 Å². The Morgan fingerprint density at radius 1 is 1.04 bits per heavy atom. The predicted molar refractivity (Wildman–Crippen MR) is 157 cm³/mol. The zero-order valence-corrected chi connectivity index (χ0v) is 25.1. The van der Waals surface area contributed by atoms with E-state index in [2.05, 4.69) is 25.4 Å². The SMILES string of the molecule is CC(=O)c1nn(CC(=O)N2C3C[C@]3(C)C[C@H]2C(=O)Nc2nc(C(F)(F)F)ccc2C)c2c(C)cc(-c3cnc(C(=O)O)nc3)cc12. The van der Waals surface area contributed by atoms with E-state index in [9.17, 15) is 32.3 Å². The van der Waals surface area contributed by atoms with Crippen molar-refractivity contribution in [2.45, 2.75) is 65.3 Å². The lowest BCUT2D eigenvalue weighted by Gasteiger charge is -2.27. The number of carbonyl (C=O) groups excluding carboxylic acids is 3. The number of aryl methyl sites for hydroxylation is 2. The fourth-order valence-electron chi connectivity index (χ4n) is 6.24. The minimum Gasteiger partial charge on any atom is -0.475 e. The molecule has 0 spiro atoms. The highest BCUT2D eigenvalue weighted by Crippen LogP contribution is 2.59. The fourth-order valence-corrected chi connectivity index (χ4v) is 6.24. The molecular formula is C31H28F3N7O5. The summed E-state index contributed by atoms with van der Waals surface area (Å²) in [6, 6.07) is 4.36. The Balaban J connectivity index is 1.30. The topological polar surface area (TPSA) is 160 Å². The number of hydrogen-bond donors (Lipinski definition) is 2. The van der Waals surface area contributed by atoms with E-state index < -0.39 is 35.7 Å². The van der Waals surface area contributed by atoms with Crippen LogP contribution in [0.5, 0.6) is 0 Å². The Morgan fingerprint density at radius 3 is 2.37 bits per heavy atom. The molecule has 1 aliphatic carbocycles. The van der Waals surface area contributed by atoms with Crippen molar-refractivity contribution < 1.29 is 37.5 Å². The van der Waals surface area contributed by atoms with E-state index in [4.69, 9.17) is 5.11 Å². The number of carboxylic acids is 1. The monoisotopic (exact) mass is 635 g/mol. The van der Waals surface area contributed by atoms with Gasteiger partial charge in [-0.3, -0.25) is 19.1 Å². The minimum atomic E-state index is -4.69. The van der Waals surface area contributed by atoms with Gasteiger partial charge in [-0.15, -0.1) is 0 Å². The summed E-state index contributed by atoms with van der Waals surface area (Å²) in [6.07, 6.45) is -0.968. The molecule has 2 amide bonds. The maximum atomic E-state index is 13.9. The van der Waals surface area contributed by atoms with E-state index >= 15 is 0 Å². The Bertz CT molecular complexity index is 1960. The van der Waals surface area contributed by atoms with Crippen LogP contribution in [0.1, 0.15) is 64.6 Å². The molecule has 12 nitrogen and oxygen atoms in total. The molecule has 3 aromatic heterocycles. The number of nitrogens with zero attached hydrogens (tertiary/aromatic N) is 6. The highest BCUT2D eigenvalue weighted by molar-refractivity contribution is 6.07. The summed E-state index contributed by atoms with van der Waals surface area (Å²) in [5, 5.41) is 16.5. The van der Waals surface area contributed by atoms with Crippen molar-refractivity contribution in [3.63, 3.8) is 0 Å². The highest BCUT2D eigenvalue weighted by Gasteiger charge is 2.64. The van der Waals surface area contributed by atoms with Crippen molar-refractivity contribution >= 4 is 40.3 Å². The molecule has 238 valence electrons. The molecule has 4 aromatic rings. The van der Waals surface area contributed by atoms with Crippen LogP contribution in [0.2, 0.25) is 0 Å². The molecule has 1 aliphatic heterocycles. The van der Waals surface area contributed by atoms with E-state index in [0.29, 0.717) is 46.0 Å². The summed E-state index contributed by atoms with van der Waals surface area (Å²) in [5.74, 6) is -3.27. The van der Waals surface area contributed by atoms with Gasteiger partial charge in [0.15, 0.2) is 5.78 Å². The van der Waals surface area contributed by atoms with Gasteiger partial charge in [0.2, 0.25) is 17.6 Å². The number of anilines is 1. The molecule has 0 bridgehead atoms. The Kier molecular flexibility index (Phi) is 7.17. The number of amides is 2. The third kappa shape index (κ3) is 5.35. The molecular weight excluding hydrogens is 607 g/mol. The van der Waals surface area contributed by atoms with E-state index in [1.807, 2.05) is 6.92 Å². The maximum absolute atomic E-state index is 13.9.